The van der Waals surface area contributed by atoms with E-state index < -0.39 is 0 Å². The van der Waals surface area contributed by atoms with Crippen LogP contribution in [0.3, 0.4) is 0 Å². The van der Waals surface area contributed by atoms with Crippen molar-refractivity contribution in [1.82, 2.24) is 0 Å². The van der Waals surface area contributed by atoms with Gasteiger partial charge < -0.3 is 0 Å². The van der Waals surface area contributed by atoms with E-state index in [1.165, 1.54) is 69.8 Å². The van der Waals surface area contributed by atoms with Crippen LogP contribution in [0.15, 0.2) is 11.6 Å². The average Bonchev–Trinajstić information content (AvgIpc) is 2.35. The molecule has 0 N–H and O–H groups in total. The Bertz CT molecular complexity index is 409. The van der Waals surface area contributed by atoms with Gasteiger partial charge in [-0.2, -0.15) is 0 Å². The van der Waals surface area contributed by atoms with Gasteiger partial charge in [-0.25, -0.2) is 0 Å². The molecule has 1 heteroatoms. The predicted molar refractivity (Wildman–Crippen MR) is 86.0 cm³/mol. The normalized spacial score (nSPS) is 42.3. The van der Waals surface area contributed by atoms with Gasteiger partial charge in [0.15, 0.2) is 5.78 Å². The van der Waals surface area contributed by atoms with Crippen LogP contribution in [0.5, 0.6) is 0 Å². The van der Waals surface area contributed by atoms with Crippen molar-refractivity contribution in [3.8, 4) is 0 Å². The third kappa shape index (κ3) is 2.85. The minimum absolute atomic E-state index is 0.426. The van der Waals surface area contributed by atoms with Crippen molar-refractivity contribution in [2.45, 2.75) is 83.5 Å². The summed E-state index contributed by atoms with van der Waals surface area (Å²) in [7, 11) is 0. The van der Waals surface area contributed by atoms with E-state index in [2.05, 4.69) is 6.08 Å². The highest BCUT2D eigenvalue weighted by Crippen LogP contribution is 2.61. The number of Topliss-reactive ketones (excluding diaryl/α,β-unsaturated/α-hetero) is 1. The van der Waals surface area contributed by atoms with Crippen molar-refractivity contribution < 1.29 is 4.79 Å². The summed E-state index contributed by atoms with van der Waals surface area (Å²) in [5.41, 5.74) is 1.63. The molecule has 0 heterocycles. The van der Waals surface area contributed by atoms with Crippen LogP contribution in [-0.4, -0.2) is 5.78 Å². The van der Waals surface area contributed by atoms with Gasteiger partial charge in [0.25, 0.3) is 0 Å². The van der Waals surface area contributed by atoms with E-state index >= 15 is 0 Å². The zero-order valence-electron chi connectivity index (χ0n) is 13.4. The monoisotopic (exact) mass is 286 g/mol. The van der Waals surface area contributed by atoms with Crippen molar-refractivity contribution in [1.29, 1.82) is 0 Å². The largest absolute Gasteiger partial charge is 0.295 e. The molecule has 1 nitrogen and oxygen atoms in total. The number of carbonyl (C=O) groups is 1. The SMILES string of the molecule is O=C(CC12CC3CC(CC(C3)C1)C2)C1=CCCCCCC1. The summed E-state index contributed by atoms with van der Waals surface area (Å²) in [5, 5.41) is 0. The molecule has 0 radical (unpaired) electrons. The molecule has 0 atom stereocenters. The molecule has 0 spiro atoms. The molecule has 0 saturated heterocycles. The Morgan fingerprint density at radius 1 is 0.952 bits per heavy atom. The van der Waals surface area contributed by atoms with E-state index in [1.54, 1.807) is 0 Å². The molecule has 0 aromatic rings. The van der Waals surface area contributed by atoms with Gasteiger partial charge in [-0.3, -0.25) is 4.79 Å². The molecule has 0 aliphatic heterocycles. The zero-order chi connectivity index (χ0) is 14.3. The van der Waals surface area contributed by atoms with Gasteiger partial charge in [-0.15, -0.1) is 0 Å². The number of hydrogen-bond acceptors (Lipinski definition) is 1. The second-order valence-corrected chi connectivity index (χ2v) is 8.70. The first-order valence-electron chi connectivity index (χ1n) is 9.45. The first-order valence-corrected chi connectivity index (χ1v) is 9.45. The molecule has 0 unspecified atom stereocenters. The van der Waals surface area contributed by atoms with Gasteiger partial charge in [0.2, 0.25) is 0 Å². The van der Waals surface area contributed by atoms with Crippen LogP contribution in [-0.2, 0) is 4.79 Å². The van der Waals surface area contributed by atoms with Crippen LogP contribution in [0.2, 0.25) is 0 Å². The van der Waals surface area contributed by atoms with E-state index in [4.69, 9.17) is 0 Å². The van der Waals surface area contributed by atoms with E-state index in [9.17, 15) is 4.79 Å². The quantitative estimate of drug-likeness (QED) is 0.675. The fourth-order valence-electron chi connectivity index (χ4n) is 6.41. The summed E-state index contributed by atoms with van der Waals surface area (Å²) in [6.07, 6.45) is 19.1. The van der Waals surface area contributed by atoms with E-state index in [-0.39, 0.29) is 0 Å². The van der Waals surface area contributed by atoms with Gasteiger partial charge in [0, 0.05) is 6.42 Å². The standard InChI is InChI=1S/C20H30O/c21-19(18-6-4-2-1-3-5-7-18)14-20-11-15-8-16(12-20)10-17(9-15)13-20/h6,15-17H,1-5,7-14H2. The van der Waals surface area contributed by atoms with Crippen molar-refractivity contribution in [2.24, 2.45) is 23.2 Å². The number of rotatable bonds is 3. The lowest BCUT2D eigenvalue weighted by Crippen LogP contribution is -2.47. The lowest BCUT2D eigenvalue weighted by molar-refractivity contribution is -0.124. The summed E-state index contributed by atoms with van der Waals surface area (Å²) < 4.78 is 0. The maximum atomic E-state index is 12.9. The smallest absolute Gasteiger partial charge is 0.159 e. The van der Waals surface area contributed by atoms with Gasteiger partial charge in [-0.05, 0) is 93.0 Å². The van der Waals surface area contributed by atoms with Crippen molar-refractivity contribution in [3.63, 3.8) is 0 Å². The first kappa shape index (κ1) is 14.0. The average molecular weight is 286 g/mol. The van der Waals surface area contributed by atoms with Crippen LogP contribution < -0.4 is 0 Å². The Morgan fingerprint density at radius 2 is 1.57 bits per heavy atom. The Kier molecular flexibility index (Phi) is 3.71. The highest BCUT2D eigenvalue weighted by Gasteiger charge is 2.51. The fourth-order valence-corrected chi connectivity index (χ4v) is 6.41. The molecule has 116 valence electrons. The molecule has 5 rings (SSSR count). The topological polar surface area (TPSA) is 17.1 Å². The van der Waals surface area contributed by atoms with Crippen molar-refractivity contribution in [3.05, 3.63) is 11.6 Å². The van der Waals surface area contributed by atoms with Crippen LogP contribution in [0, 0.1) is 23.2 Å². The molecule has 4 saturated carbocycles. The number of allylic oxidation sites excluding steroid dienone is 2. The second kappa shape index (κ2) is 5.56. The van der Waals surface area contributed by atoms with E-state index in [1.807, 2.05) is 0 Å². The maximum absolute atomic E-state index is 12.9. The number of hydrogen-bond donors (Lipinski definition) is 0. The molecule has 5 aliphatic rings. The Morgan fingerprint density at radius 3 is 2.24 bits per heavy atom. The molecular weight excluding hydrogens is 256 g/mol. The van der Waals surface area contributed by atoms with Gasteiger partial charge in [-0.1, -0.05) is 18.9 Å². The summed E-state index contributed by atoms with van der Waals surface area (Å²) in [5.74, 6) is 3.43. The molecule has 4 fully saturated rings. The van der Waals surface area contributed by atoms with E-state index in [0.29, 0.717) is 11.2 Å². The fraction of sp³-hybridized carbons (Fsp3) is 0.850. The Balaban J connectivity index is 1.46. The first-order chi connectivity index (χ1) is 10.2. The summed E-state index contributed by atoms with van der Waals surface area (Å²) >= 11 is 0. The maximum Gasteiger partial charge on any atom is 0.159 e. The van der Waals surface area contributed by atoms with E-state index in [0.717, 1.165) is 37.0 Å². The number of carbonyl (C=O) groups excluding carboxylic acids is 1. The number of ketones is 1. The lowest BCUT2D eigenvalue weighted by atomic mass is 9.48. The van der Waals surface area contributed by atoms with Crippen LogP contribution in [0.4, 0.5) is 0 Å². The molecule has 21 heavy (non-hydrogen) atoms. The Labute approximate surface area is 129 Å². The van der Waals surface area contributed by atoms with Crippen LogP contribution >= 0.6 is 0 Å². The van der Waals surface area contributed by atoms with Gasteiger partial charge in [0.1, 0.15) is 0 Å². The highest BCUT2D eigenvalue weighted by atomic mass is 16.1. The molecule has 0 aromatic heterocycles. The predicted octanol–water partition coefficient (Wildman–Crippen LogP) is 5.44. The minimum atomic E-state index is 0.426. The molecular formula is C20H30O. The third-order valence-electron chi connectivity index (χ3n) is 6.85. The van der Waals surface area contributed by atoms with Crippen LogP contribution in [0.25, 0.3) is 0 Å². The lowest BCUT2D eigenvalue weighted by Gasteiger charge is -2.56. The van der Waals surface area contributed by atoms with Crippen LogP contribution in [0.1, 0.15) is 83.5 Å². The zero-order valence-corrected chi connectivity index (χ0v) is 13.4. The summed E-state index contributed by atoms with van der Waals surface area (Å²) in [6.45, 7) is 0. The van der Waals surface area contributed by atoms with Gasteiger partial charge >= 0.3 is 0 Å². The Hall–Kier alpha value is -0.590. The molecule has 0 amide bonds. The molecule has 4 bridgehead atoms. The van der Waals surface area contributed by atoms with Gasteiger partial charge in [0.05, 0.1) is 0 Å². The minimum Gasteiger partial charge on any atom is -0.295 e. The molecule has 0 aromatic carbocycles. The van der Waals surface area contributed by atoms with Crippen molar-refractivity contribution >= 4 is 5.78 Å². The van der Waals surface area contributed by atoms with Crippen molar-refractivity contribution in [2.75, 3.05) is 0 Å². The molecule has 5 aliphatic carbocycles. The highest BCUT2D eigenvalue weighted by molar-refractivity contribution is 5.95. The summed E-state index contributed by atoms with van der Waals surface area (Å²) in [4.78, 5) is 12.9. The second-order valence-electron chi connectivity index (χ2n) is 8.70. The third-order valence-corrected chi connectivity index (χ3v) is 6.85. The summed E-state index contributed by atoms with van der Waals surface area (Å²) in [6, 6.07) is 0.